The van der Waals surface area contributed by atoms with Crippen molar-refractivity contribution in [3.63, 3.8) is 0 Å². The normalized spacial score (nSPS) is 16.0. The molecule has 4 aromatic carbocycles. The number of nitrogens with two attached hydrogens (primary N) is 4. The Morgan fingerprint density at radius 2 is 0.476 bits per heavy atom. The van der Waals surface area contributed by atoms with Crippen LogP contribution in [-0.2, 0) is 10.8 Å². The summed E-state index contributed by atoms with van der Waals surface area (Å²) >= 11 is 0. The second-order valence-electron chi connectivity index (χ2n) is 13.3. The standard InChI is InChI=1S/C38H48N4/c1-21-13-29(14-22(2)33(21)39)37(30-15-23(3)34(40)24(4)16-30)9-11-38(12-10-37,31-17-25(5)35(41)26(6)18-31)32-19-27(7)36(42)28(8)20-32/h13-20H,9-12,39-42H2,1-8H3. The van der Waals surface area contributed by atoms with Crippen LogP contribution in [0.15, 0.2) is 48.5 Å². The van der Waals surface area contributed by atoms with E-state index < -0.39 is 0 Å². The highest BCUT2D eigenvalue weighted by molar-refractivity contribution is 5.63. The van der Waals surface area contributed by atoms with E-state index in [1.54, 1.807) is 0 Å². The predicted octanol–water partition coefficient (Wildman–Crippen LogP) is 8.33. The van der Waals surface area contributed by atoms with Crippen LogP contribution < -0.4 is 22.9 Å². The van der Waals surface area contributed by atoms with Gasteiger partial charge < -0.3 is 22.9 Å². The number of hydrogen-bond donors (Lipinski definition) is 4. The van der Waals surface area contributed by atoms with Crippen LogP contribution in [0, 0.1) is 55.4 Å². The van der Waals surface area contributed by atoms with Crippen LogP contribution in [0.2, 0.25) is 0 Å². The van der Waals surface area contributed by atoms with Crippen LogP contribution in [0.1, 0.15) is 92.4 Å². The van der Waals surface area contributed by atoms with Gasteiger partial charge in [-0.15, -0.1) is 0 Å². The zero-order chi connectivity index (χ0) is 30.7. The summed E-state index contributed by atoms with van der Waals surface area (Å²) in [5, 5.41) is 0. The fourth-order valence-corrected chi connectivity index (χ4v) is 7.60. The number of nitrogen functional groups attached to an aromatic ring is 4. The summed E-state index contributed by atoms with van der Waals surface area (Å²) in [6, 6.07) is 18.6. The largest absolute Gasteiger partial charge is 0.398 e. The molecule has 0 saturated heterocycles. The molecular formula is C38H48N4. The monoisotopic (exact) mass is 560 g/mol. The number of benzene rings is 4. The van der Waals surface area contributed by atoms with Crippen LogP contribution in [0.5, 0.6) is 0 Å². The van der Waals surface area contributed by atoms with Crippen molar-refractivity contribution in [1.82, 2.24) is 0 Å². The van der Waals surface area contributed by atoms with Gasteiger partial charge in [-0.2, -0.15) is 0 Å². The first-order chi connectivity index (χ1) is 19.7. The van der Waals surface area contributed by atoms with Crippen molar-refractivity contribution in [2.45, 2.75) is 91.9 Å². The number of anilines is 4. The van der Waals surface area contributed by atoms with Gasteiger partial charge in [0.2, 0.25) is 0 Å². The highest BCUT2D eigenvalue weighted by atomic mass is 14.6. The van der Waals surface area contributed by atoms with Crippen molar-refractivity contribution < 1.29 is 0 Å². The molecule has 1 aliphatic rings. The molecule has 4 heteroatoms. The zero-order valence-electron chi connectivity index (χ0n) is 26.8. The topological polar surface area (TPSA) is 104 Å². The quantitative estimate of drug-likeness (QED) is 0.188. The van der Waals surface area contributed by atoms with Crippen molar-refractivity contribution in [3.05, 3.63) is 115 Å². The molecule has 0 amide bonds. The summed E-state index contributed by atoms with van der Waals surface area (Å²) in [7, 11) is 0. The molecule has 0 aliphatic heterocycles. The molecule has 1 aliphatic carbocycles. The molecule has 42 heavy (non-hydrogen) atoms. The average Bonchev–Trinajstić information content (AvgIpc) is 2.95. The molecule has 0 bridgehead atoms. The maximum absolute atomic E-state index is 6.47. The van der Waals surface area contributed by atoms with E-state index in [0.29, 0.717) is 0 Å². The van der Waals surface area contributed by atoms with E-state index in [9.17, 15) is 0 Å². The molecule has 0 spiro atoms. The van der Waals surface area contributed by atoms with Crippen LogP contribution >= 0.6 is 0 Å². The SMILES string of the molecule is Cc1cc(C2(c3cc(C)c(N)c(C)c3)CCC(c3cc(C)c(N)c(C)c3)(c3cc(C)c(N)c(C)c3)CC2)cc(C)c1N. The van der Waals surface area contributed by atoms with E-state index in [1.807, 2.05) is 0 Å². The van der Waals surface area contributed by atoms with Gasteiger partial charge in [-0.3, -0.25) is 0 Å². The smallest absolute Gasteiger partial charge is 0.0373 e. The van der Waals surface area contributed by atoms with Gasteiger partial charge in [-0.25, -0.2) is 0 Å². The molecule has 1 fully saturated rings. The van der Waals surface area contributed by atoms with Crippen molar-refractivity contribution in [2.24, 2.45) is 0 Å². The van der Waals surface area contributed by atoms with Gasteiger partial charge in [0.1, 0.15) is 0 Å². The highest BCUT2D eigenvalue weighted by Gasteiger charge is 2.47. The first kappa shape index (κ1) is 29.6. The molecule has 8 N–H and O–H groups in total. The highest BCUT2D eigenvalue weighted by Crippen LogP contribution is 2.56. The Hall–Kier alpha value is -3.92. The summed E-state index contributed by atoms with van der Waals surface area (Å²) in [5.41, 5.74) is 43.6. The van der Waals surface area contributed by atoms with E-state index in [4.69, 9.17) is 22.9 Å². The lowest BCUT2D eigenvalue weighted by Crippen LogP contribution is -2.41. The molecule has 220 valence electrons. The van der Waals surface area contributed by atoms with E-state index in [-0.39, 0.29) is 10.8 Å². The molecule has 0 aromatic heterocycles. The lowest BCUT2D eigenvalue weighted by molar-refractivity contribution is 0.256. The molecule has 1 saturated carbocycles. The minimum absolute atomic E-state index is 0.161. The van der Waals surface area contributed by atoms with E-state index in [1.165, 1.54) is 22.3 Å². The molecule has 4 aromatic rings. The van der Waals surface area contributed by atoms with Crippen molar-refractivity contribution in [1.29, 1.82) is 0 Å². The second kappa shape index (κ2) is 10.4. The average molecular weight is 561 g/mol. The van der Waals surface area contributed by atoms with E-state index in [0.717, 1.165) is 92.9 Å². The maximum Gasteiger partial charge on any atom is 0.0373 e. The van der Waals surface area contributed by atoms with Crippen molar-refractivity contribution >= 4 is 22.7 Å². The Morgan fingerprint density at radius 1 is 0.333 bits per heavy atom. The molecule has 0 unspecified atom stereocenters. The Labute approximate surface area is 252 Å². The van der Waals surface area contributed by atoms with Gasteiger partial charge in [-0.05, 0) is 148 Å². The third-order valence-electron chi connectivity index (χ3n) is 10.5. The summed E-state index contributed by atoms with van der Waals surface area (Å²) in [6.45, 7) is 17.0. The Bertz CT molecular complexity index is 1360. The maximum atomic E-state index is 6.47. The number of hydrogen-bond acceptors (Lipinski definition) is 4. The van der Waals surface area contributed by atoms with Crippen LogP contribution in [-0.4, -0.2) is 0 Å². The first-order valence-electron chi connectivity index (χ1n) is 15.2. The van der Waals surface area contributed by atoms with Crippen LogP contribution in [0.3, 0.4) is 0 Å². The van der Waals surface area contributed by atoms with Crippen molar-refractivity contribution in [3.8, 4) is 0 Å². The molecule has 0 radical (unpaired) electrons. The second-order valence-corrected chi connectivity index (χ2v) is 13.3. The van der Waals surface area contributed by atoms with E-state index in [2.05, 4.69) is 104 Å². The summed E-state index contributed by atoms with van der Waals surface area (Å²) in [6.07, 6.45) is 3.96. The molecule has 0 atom stereocenters. The van der Waals surface area contributed by atoms with Crippen LogP contribution in [0.25, 0.3) is 0 Å². The third-order valence-corrected chi connectivity index (χ3v) is 10.5. The number of rotatable bonds is 4. The molecule has 5 rings (SSSR count). The molecular weight excluding hydrogens is 512 g/mol. The summed E-state index contributed by atoms with van der Waals surface area (Å²) in [4.78, 5) is 0. The van der Waals surface area contributed by atoms with Crippen LogP contribution in [0.4, 0.5) is 22.7 Å². The van der Waals surface area contributed by atoms with Crippen molar-refractivity contribution in [2.75, 3.05) is 22.9 Å². The van der Waals surface area contributed by atoms with Gasteiger partial charge in [-0.1, -0.05) is 48.5 Å². The Kier molecular flexibility index (Phi) is 7.33. The minimum atomic E-state index is -0.161. The third kappa shape index (κ3) is 4.62. The van der Waals surface area contributed by atoms with Gasteiger partial charge in [0, 0.05) is 33.6 Å². The summed E-state index contributed by atoms with van der Waals surface area (Å²) in [5.74, 6) is 0. The Morgan fingerprint density at radius 3 is 0.619 bits per heavy atom. The van der Waals surface area contributed by atoms with Gasteiger partial charge in [0.15, 0.2) is 0 Å². The first-order valence-corrected chi connectivity index (χ1v) is 15.2. The zero-order valence-corrected chi connectivity index (χ0v) is 26.8. The fourth-order valence-electron chi connectivity index (χ4n) is 7.60. The fraction of sp³-hybridized carbons (Fsp3) is 0.368. The molecule has 4 nitrogen and oxygen atoms in total. The lowest BCUT2D eigenvalue weighted by atomic mass is 9.54. The number of aryl methyl sites for hydroxylation is 8. The minimum Gasteiger partial charge on any atom is -0.398 e. The predicted molar refractivity (Wildman–Crippen MR) is 181 cm³/mol. The Balaban J connectivity index is 1.75. The van der Waals surface area contributed by atoms with Gasteiger partial charge in [0.25, 0.3) is 0 Å². The van der Waals surface area contributed by atoms with E-state index >= 15 is 0 Å². The molecule has 0 heterocycles. The summed E-state index contributed by atoms with van der Waals surface area (Å²) < 4.78 is 0. The lowest BCUT2D eigenvalue weighted by Gasteiger charge is -2.49. The van der Waals surface area contributed by atoms with Gasteiger partial charge in [0.05, 0.1) is 0 Å². The van der Waals surface area contributed by atoms with Gasteiger partial charge >= 0.3 is 0 Å².